The molecule has 2 atom stereocenters. The molecule has 0 aliphatic heterocycles. The van der Waals surface area contributed by atoms with Gasteiger partial charge in [0.25, 0.3) is 7.82 Å². The van der Waals surface area contributed by atoms with E-state index in [0.717, 1.165) is 83.5 Å². The maximum Gasteiger partial charge on any atom is 0.306 e. The minimum Gasteiger partial charge on any atom is -0.756 e. The van der Waals surface area contributed by atoms with Crippen LogP contribution in [0.2, 0.25) is 0 Å². The van der Waals surface area contributed by atoms with Gasteiger partial charge in [-0.05, 0) is 83.5 Å². The van der Waals surface area contributed by atoms with Gasteiger partial charge in [-0.25, -0.2) is 0 Å². The Hall–Kier alpha value is -2.06. The summed E-state index contributed by atoms with van der Waals surface area (Å²) in [5, 5.41) is 0. The number of phosphoric acid groups is 1. The molecule has 0 amide bonds. The summed E-state index contributed by atoms with van der Waals surface area (Å²) in [6.07, 6.45) is 57.7. The predicted octanol–water partition coefficient (Wildman–Crippen LogP) is 14.4. The van der Waals surface area contributed by atoms with Crippen molar-refractivity contribution in [3.05, 3.63) is 72.9 Å². The molecule has 0 rings (SSSR count). The van der Waals surface area contributed by atoms with Gasteiger partial charge < -0.3 is 27.9 Å². The van der Waals surface area contributed by atoms with Crippen molar-refractivity contribution in [3.8, 4) is 0 Å². The minimum absolute atomic E-state index is 0.0182. The third-order valence-electron chi connectivity index (χ3n) is 10.2. The van der Waals surface area contributed by atoms with Gasteiger partial charge in [0, 0.05) is 13.0 Å². The number of phosphoric ester groups is 1. The molecule has 0 saturated heterocycles. The molecular formula is C52H94NO7P. The Kier molecular flexibility index (Phi) is 43.0. The first-order chi connectivity index (χ1) is 29.6. The number of likely N-dealkylation sites (N-methyl/N-ethyl adjacent to an activating group) is 1. The van der Waals surface area contributed by atoms with E-state index in [1.807, 2.05) is 21.1 Å². The third-order valence-corrected chi connectivity index (χ3v) is 11.2. The molecule has 0 saturated carbocycles. The van der Waals surface area contributed by atoms with Crippen LogP contribution in [0, 0.1) is 0 Å². The molecule has 0 aromatic rings. The Morgan fingerprint density at radius 2 is 0.951 bits per heavy atom. The summed E-state index contributed by atoms with van der Waals surface area (Å²) in [5.74, 6) is -0.351. The Morgan fingerprint density at radius 3 is 1.43 bits per heavy atom. The lowest BCUT2D eigenvalue weighted by atomic mass is 10.1. The van der Waals surface area contributed by atoms with Crippen LogP contribution in [0.5, 0.6) is 0 Å². The van der Waals surface area contributed by atoms with Crippen LogP contribution in [0.15, 0.2) is 72.9 Å². The number of ether oxygens (including phenoxy) is 2. The number of allylic oxidation sites excluding steroid dienone is 12. The first-order valence-electron chi connectivity index (χ1n) is 24.7. The van der Waals surface area contributed by atoms with Crippen LogP contribution < -0.4 is 4.89 Å². The number of hydrogen-bond donors (Lipinski definition) is 0. The zero-order valence-electron chi connectivity index (χ0n) is 40.1. The van der Waals surface area contributed by atoms with Crippen LogP contribution in [0.3, 0.4) is 0 Å². The summed E-state index contributed by atoms with van der Waals surface area (Å²) in [6, 6.07) is 0. The van der Waals surface area contributed by atoms with Crippen molar-refractivity contribution in [2.24, 2.45) is 0 Å². The van der Waals surface area contributed by atoms with Crippen molar-refractivity contribution in [2.45, 2.75) is 200 Å². The summed E-state index contributed by atoms with van der Waals surface area (Å²) >= 11 is 0. The van der Waals surface area contributed by atoms with Crippen molar-refractivity contribution >= 4 is 13.8 Å². The van der Waals surface area contributed by atoms with Gasteiger partial charge in [-0.15, -0.1) is 0 Å². The molecule has 2 unspecified atom stereocenters. The zero-order valence-corrected chi connectivity index (χ0v) is 41.0. The van der Waals surface area contributed by atoms with Crippen molar-refractivity contribution in [1.82, 2.24) is 0 Å². The largest absolute Gasteiger partial charge is 0.756 e. The molecular weight excluding hydrogens is 782 g/mol. The third kappa shape index (κ3) is 48.8. The fraction of sp³-hybridized carbons (Fsp3) is 0.750. The number of nitrogens with zero attached hydrogens (tertiary/aromatic N) is 1. The van der Waals surface area contributed by atoms with Gasteiger partial charge in [0.15, 0.2) is 0 Å². The Labute approximate surface area is 376 Å². The van der Waals surface area contributed by atoms with E-state index in [9.17, 15) is 14.3 Å². The molecule has 0 aromatic carbocycles. The van der Waals surface area contributed by atoms with Crippen molar-refractivity contribution in [2.75, 3.05) is 54.1 Å². The van der Waals surface area contributed by atoms with Crippen LogP contribution in [0.4, 0.5) is 0 Å². The summed E-state index contributed by atoms with van der Waals surface area (Å²) in [4.78, 5) is 25.2. The summed E-state index contributed by atoms with van der Waals surface area (Å²) < 4.78 is 34.7. The maximum absolute atomic E-state index is 12.7. The lowest BCUT2D eigenvalue weighted by Gasteiger charge is -2.28. The fourth-order valence-corrected chi connectivity index (χ4v) is 7.18. The van der Waals surface area contributed by atoms with E-state index < -0.39 is 13.9 Å². The standard InChI is InChI=1S/C52H94NO7P/c1-6-8-10-12-14-16-18-20-22-24-26-27-28-29-31-33-35-37-39-41-43-45-52(54)60-51(50-59-61(55,56)58-48-46-53(3,4)5)49-57-47-44-42-40-38-36-34-32-30-25-23-21-19-17-15-13-11-9-7-2/h9,11,15,17-18,20-21,23-24,26,28-29,51H,6-8,10,12-14,16,19,22,25,27,30-50H2,1-5H3/b11-9-,17-15-,20-18-,23-21-,26-24-,29-28-. The minimum atomic E-state index is -4.54. The number of carbonyl (C=O) groups excluding carboxylic acids is 1. The summed E-state index contributed by atoms with van der Waals surface area (Å²) in [5.41, 5.74) is 0. The molecule has 0 heterocycles. The second-order valence-corrected chi connectivity index (χ2v) is 18.8. The van der Waals surface area contributed by atoms with Gasteiger partial charge in [0.05, 0.1) is 34.4 Å². The van der Waals surface area contributed by atoms with Gasteiger partial charge in [0.1, 0.15) is 19.3 Å². The highest BCUT2D eigenvalue weighted by Gasteiger charge is 2.20. The first kappa shape index (κ1) is 58.9. The maximum atomic E-state index is 12.7. The van der Waals surface area contributed by atoms with E-state index in [-0.39, 0.29) is 25.8 Å². The number of rotatable bonds is 45. The average Bonchev–Trinajstić information content (AvgIpc) is 3.22. The van der Waals surface area contributed by atoms with Crippen LogP contribution in [-0.2, 0) is 27.9 Å². The molecule has 0 radical (unpaired) electrons. The van der Waals surface area contributed by atoms with Crippen LogP contribution in [0.25, 0.3) is 0 Å². The van der Waals surface area contributed by atoms with E-state index in [1.165, 1.54) is 89.9 Å². The van der Waals surface area contributed by atoms with Crippen LogP contribution in [-0.4, -0.2) is 70.7 Å². The Morgan fingerprint density at radius 1 is 0.525 bits per heavy atom. The molecule has 8 nitrogen and oxygen atoms in total. The average molecular weight is 876 g/mol. The van der Waals surface area contributed by atoms with Crippen molar-refractivity contribution < 1.29 is 37.3 Å². The molecule has 9 heteroatoms. The first-order valence-corrected chi connectivity index (χ1v) is 26.1. The SMILES string of the molecule is CC/C=C\C/C=C\C/C=C\CCCCCCCCCCOCC(COP(=O)([O-])OCC[N+](C)(C)C)OC(=O)CCCCCCCC/C=C\C/C=C\C/C=C\CCCCCCC. The number of quaternary nitrogens is 1. The molecule has 0 spiro atoms. The van der Waals surface area contributed by atoms with E-state index >= 15 is 0 Å². The zero-order chi connectivity index (χ0) is 44.8. The van der Waals surface area contributed by atoms with Gasteiger partial charge in [-0.3, -0.25) is 9.36 Å². The molecule has 0 aliphatic carbocycles. The van der Waals surface area contributed by atoms with Gasteiger partial charge in [-0.2, -0.15) is 0 Å². The molecule has 0 fully saturated rings. The number of unbranched alkanes of at least 4 members (excludes halogenated alkanes) is 19. The Balaban J connectivity index is 4.23. The predicted molar refractivity (Wildman–Crippen MR) is 259 cm³/mol. The van der Waals surface area contributed by atoms with Gasteiger partial charge >= 0.3 is 5.97 Å². The highest BCUT2D eigenvalue weighted by molar-refractivity contribution is 7.45. The number of esters is 1. The molecule has 0 aromatic heterocycles. The Bertz CT molecular complexity index is 1200. The smallest absolute Gasteiger partial charge is 0.306 e. The quantitative estimate of drug-likeness (QED) is 0.0198. The van der Waals surface area contributed by atoms with E-state index in [4.69, 9.17) is 18.5 Å². The van der Waals surface area contributed by atoms with Crippen LogP contribution in [0.1, 0.15) is 194 Å². The topological polar surface area (TPSA) is 94.1 Å². The summed E-state index contributed by atoms with van der Waals surface area (Å²) in [7, 11) is 1.33. The lowest BCUT2D eigenvalue weighted by Crippen LogP contribution is -2.37. The second-order valence-electron chi connectivity index (χ2n) is 17.4. The second kappa shape index (κ2) is 44.5. The molecule has 0 N–H and O–H groups in total. The van der Waals surface area contributed by atoms with Crippen molar-refractivity contribution in [3.63, 3.8) is 0 Å². The van der Waals surface area contributed by atoms with Gasteiger partial charge in [-0.1, -0.05) is 177 Å². The number of hydrogen-bond acceptors (Lipinski definition) is 7. The highest BCUT2D eigenvalue weighted by Crippen LogP contribution is 2.38. The van der Waals surface area contributed by atoms with E-state index in [0.29, 0.717) is 24.1 Å². The molecule has 0 aliphatic rings. The van der Waals surface area contributed by atoms with E-state index in [2.05, 4.69) is 86.8 Å². The number of carbonyl (C=O) groups is 1. The van der Waals surface area contributed by atoms with E-state index in [1.54, 1.807) is 0 Å². The van der Waals surface area contributed by atoms with Gasteiger partial charge in [0.2, 0.25) is 0 Å². The molecule has 0 bridgehead atoms. The summed E-state index contributed by atoms with van der Waals surface area (Å²) in [6.45, 7) is 5.25. The normalized spacial score (nSPS) is 14.3. The van der Waals surface area contributed by atoms with Crippen LogP contribution >= 0.6 is 7.82 Å². The monoisotopic (exact) mass is 876 g/mol. The van der Waals surface area contributed by atoms with Crippen molar-refractivity contribution in [1.29, 1.82) is 0 Å². The molecule has 61 heavy (non-hydrogen) atoms. The molecule has 354 valence electrons. The highest BCUT2D eigenvalue weighted by atomic mass is 31.2. The fourth-order valence-electron chi connectivity index (χ4n) is 6.45. The lowest BCUT2D eigenvalue weighted by molar-refractivity contribution is -0.870.